The summed E-state index contributed by atoms with van der Waals surface area (Å²) < 4.78 is 7.50. The van der Waals surface area contributed by atoms with Crippen molar-refractivity contribution in [2.75, 3.05) is 23.9 Å². The Balaban J connectivity index is 1.49. The number of rotatable bonds is 5. The zero-order valence-electron chi connectivity index (χ0n) is 19.2. The molecule has 0 saturated carbocycles. The zero-order chi connectivity index (χ0) is 23.1. The van der Waals surface area contributed by atoms with Gasteiger partial charge in [-0.1, -0.05) is 19.1 Å². The fourth-order valence-corrected chi connectivity index (χ4v) is 4.83. The average molecular weight is 442 g/mol. The van der Waals surface area contributed by atoms with Crippen molar-refractivity contribution >= 4 is 17.5 Å². The number of hydrogen-bond acceptors (Lipinski definition) is 7. The molecule has 0 radical (unpaired) electrons. The van der Waals surface area contributed by atoms with Crippen LogP contribution in [-0.4, -0.2) is 45.3 Å². The fraction of sp³-hybridized carbons (Fsp3) is 0.360. The molecule has 5 rings (SSSR count). The number of nitriles is 1. The lowest BCUT2D eigenvalue weighted by atomic mass is 9.92. The molecule has 0 bridgehead atoms. The second-order valence-corrected chi connectivity index (χ2v) is 8.64. The summed E-state index contributed by atoms with van der Waals surface area (Å²) in [5, 5.41) is 13.0. The molecule has 1 N–H and O–H groups in total. The molecule has 1 fully saturated rings. The molecule has 0 spiro atoms. The monoisotopic (exact) mass is 441 g/mol. The Morgan fingerprint density at radius 2 is 2.18 bits per heavy atom. The molecule has 3 aromatic rings. The van der Waals surface area contributed by atoms with Crippen LogP contribution < -0.4 is 10.2 Å². The number of benzene rings is 1. The van der Waals surface area contributed by atoms with E-state index >= 15 is 0 Å². The van der Waals surface area contributed by atoms with Crippen LogP contribution in [0.2, 0.25) is 0 Å². The van der Waals surface area contributed by atoms with E-state index in [-0.39, 0.29) is 12.1 Å². The van der Waals surface area contributed by atoms with E-state index in [9.17, 15) is 5.26 Å². The number of imidazole rings is 1. The summed E-state index contributed by atoms with van der Waals surface area (Å²) in [4.78, 5) is 16.3. The largest absolute Gasteiger partial charge is 0.380 e. The normalized spacial score (nSPS) is 19.2. The molecule has 8 heteroatoms. The van der Waals surface area contributed by atoms with E-state index in [0.717, 1.165) is 60.0 Å². The van der Waals surface area contributed by atoms with Gasteiger partial charge in [0, 0.05) is 37.5 Å². The van der Waals surface area contributed by atoms with Crippen molar-refractivity contribution in [1.82, 2.24) is 19.5 Å². The molecule has 2 atom stereocenters. The highest BCUT2D eigenvalue weighted by Crippen LogP contribution is 2.40. The number of nitrogens with one attached hydrogen (secondary N) is 1. The number of fused-ring (bicyclic) bond motifs is 3. The summed E-state index contributed by atoms with van der Waals surface area (Å²) in [5.74, 6) is 1.50. The van der Waals surface area contributed by atoms with Gasteiger partial charge in [0.1, 0.15) is 11.9 Å². The van der Waals surface area contributed by atoms with Gasteiger partial charge in [-0.25, -0.2) is 9.97 Å². The topological polar surface area (TPSA) is 91.9 Å². The molecule has 2 aromatic heterocycles. The minimum Gasteiger partial charge on any atom is -0.380 e. The van der Waals surface area contributed by atoms with Crippen molar-refractivity contribution in [3.8, 4) is 11.8 Å². The summed E-state index contributed by atoms with van der Waals surface area (Å²) in [7, 11) is 1.76. The zero-order valence-corrected chi connectivity index (χ0v) is 19.2. The second kappa shape index (κ2) is 8.34. The number of ether oxygens (including phenoxy) is 1. The van der Waals surface area contributed by atoms with Gasteiger partial charge in [0.05, 0.1) is 41.1 Å². The predicted octanol–water partition coefficient (Wildman–Crippen LogP) is 3.85. The summed E-state index contributed by atoms with van der Waals surface area (Å²) in [5.41, 5.74) is 6.37. The number of nitrogens with zero attached hydrogens (tertiary/aromatic N) is 6. The summed E-state index contributed by atoms with van der Waals surface area (Å²) >= 11 is 0. The molecular formula is C25H27N7O. The van der Waals surface area contributed by atoms with Crippen LogP contribution in [0.15, 0.2) is 42.9 Å². The lowest BCUT2D eigenvalue weighted by Crippen LogP contribution is -2.37. The summed E-state index contributed by atoms with van der Waals surface area (Å²) in [6.45, 7) is 9.17. The maximum atomic E-state index is 9.72. The van der Waals surface area contributed by atoms with E-state index in [1.165, 1.54) is 5.57 Å². The molecule has 2 aliphatic rings. The first-order chi connectivity index (χ1) is 16.0. The number of methoxy groups -OCH3 is 1. The third-order valence-electron chi connectivity index (χ3n) is 6.51. The van der Waals surface area contributed by atoms with Crippen molar-refractivity contribution in [2.45, 2.75) is 45.3 Å². The van der Waals surface area contributed by atoms with Crippen LogP contribution in [0.4, 0.5) is 17.5 Å². The molecule has 2 unspecified atom stereocenters. The molecule has 1 aromatic carbocycles. The molecule has 0 aliphatic carbocycles. The maximum Gasteiger partial charge on any atom is 0.229 e. The number of aryl methyl sites for hydroxylation is 2. The SMILES string of the molecule is C=C1Cc2c(CC)nc(Nc3ccc(-n4cnc(C)c4)c(C#N)c3)nc2N2CC(OC)CC12. The van der Waals surface area contributed by atoms with Gasteiger partial charge in [-0.2, -0.15) is 10.2 Å². The van der Waals surface area contributed by atoms with E-state index in [0.29, 0.717) is 11.5 Å². The molecule has 2 aliphatic heterocycles. The first kappa shape index (κ1) is 21.2. The van der Waals surface area contributed by atoms with Gasteiger partial charge in [-0.05, 0) is 38.0 Å². The van der Waals surface area contributed by atoms with E-state index in [1.807, 2.05) is 35.9 Å². The van der Waals surface area contributed by atoms with Crippen LogP contribution in [-0.2, 0) is 17.6 Å². The first-order valence-electron chi connectivity index (χ1n) is 11.2. The molecule has 8 nitrogen and oxygen atoms in total. The van der Waals surface area contributed by atoms with Crippen LogP contribution in [0.5, 0.6) is 0 Å². The molecule has 33 heavy (non-hydrogen) atoms. The highest BCUT2D eigenvalue weighted by Gasteiger charge is 2.40. The maximum absolute atomic E-state index is 9.72. The number of aromatic nitrogens is 4. The Kier molecular flexibility index (Phi) is 5.35. The van der Waals surface area contributed by atoms with Crippen molar-refractivity contribution in [3.05, 3.63) is 65.4 Å². The van der Waals surface area contributed by atoms with Crippen molar-refractivity contribution < 1.29 is 4.74 Å². The Bertz CT molecular complexity index is 1270. The van der Waals surface area contributed by atoms with Crippen molar-refractivity contribution in [3.63, 3.8) is 0 Å². The number of anilines is 3. The third kappa shape index (κ3) is 3.74. The molecular weight excluding hydrogens is 414 g/mol. The smallest absolute Gasteiger partial charge is 0.229 e. The third-order valence-corrected chi connectivity index (χ3v) is 6.51. The van der Waals surface area contributed by atoms with Crippen molar-refractivity contribution in [1.29, 1.82) is 5.26 Å². The molecule has 0 amide bonds. The van der Waals surface area contributed by atoms with Gasteiger partial charge < -0.3 is 19.5 Å². The minimum atomic E-state index is 0.173. The van der Waals surface area contributed by atoms with E-state index < -0.39 is 0 Å². The first-order valence-corrected chi connectivity index (χ1v) is 11.2. The average Bonchev–Trinajstić information content (AvgIpc) is 3.46. The van der Waals surface area contributed by atoms with Gasteiger partial charge >= 0.3 is 0 Å². The van der Waals surface area contributed by atoms with Gasteiger partial charge in [0.2, 0.25) is 5.95 Å². The minimum absolute atomic E-state index is 0.173. The fourth-order valence-electron chi connectivity index (χ4n) is 4.83. The summed E-state index contributed by atoms with van der Waals surface area (Å²) in [6, 6.07) is 8.19. The molecule has 168 valence electrons. The van der Waals surface area contributed by atoms with Gasteiger partial charge in [-0.15, -0.1) is 0 Å². The van der Waals surface area contributed by atoms with Crippen LogP contribution in [0.25, 0.3) is 5.69 Å². The molecule has 4 heterocycles. The number of hydrogen-bond donors (Lipinski definition) is 1. The van der Waals surface area contributed by atoms with Crippen molar-refractivity contribution in [2.24, 2.45) is 0 Å². The van der Waals surface area contributed by atoms with Gasteiger partial charge in [0.15, 0.2) is 0 Å². The van der Waals surface area contributed by atoms with Gasteiger partial charge in [-0.3, -0.25) is 0 Å². The highest BCUT2D eigenvalue weighted by atomic mass is 16.5. The predicted molar refractivity (Wildman–Crippen MR) is 127 cm³/mol. The highest BCUT2D eigenvalue weighted by molar-refractivity contribution is 5.65. The van der Waals surface area contributed by atoms with Crippen LogP contribution in [0, 0.1) is 18.3 Å². The summed E-state index contributed by atoms with van der Waals surface area (Å²) in [6.07, 6.45) is 6.33. The van der Waals surface area contributed by atoms with Crippen LogP contribution in [0.1, 0.15) is 35.9 Å². The standard InChI is InChI=1S/C25H27N7O/c1-5-21-20-8-15(2)23-10-19(33-4)13-32(23)24(20)30-25(29-21)28-18-6-7-22(17(9-18)11-26)31-12-16(3)27-14-31/h6-7,9,12,14,19,23H,2,5,8,10,13H2,1,3-4H3,(H,28,29,30). The Labute approximate surface area is 193 Å². The van der Waals surface area contributed by atoms with E-state index in [1.54, 1.807) is 13.4 Å². The lowest BCUT2D eigenvalue weighted by molar-refractivity contribution is 0.119. The lowest BCUT2D eigenvalue weighted by Gasteiger charge is -2.34. The van der Waals surface area contributed by atoms with E-state index in [2.05, 4.69) is 34.8 Å². The van der Waals surface area contributed by atoms with Crippen LogP contribution in [0.3, 0.4) is 0 Å². The van der Waals surface area contributed by atoms with Gasteiger partial charge in [0.25, 0.3) is 0 Å². The quantitative estimate of drug-likeness (QED) is 0.601. The molecule has 1 saturated heterocycles. The Hall–Kier alpha value is -3.70. The second-order valence-electron chi connectivity index (χ2n) is 8.64. The van der Waals surface area contributed by atoms with Crippen LogP contribution >= 0.6 is 0 Å². The van der Waals surface area contributed by atoms with E-state index in [4.69, 9.17) is 14.7 Å². The Morgan fingerprint density at radius 1 is 1.33 bits per heavy atom. The Morgan fingerprint density at radius 3 is 2.88 bits per heavy atom.